The van der Waals surface area contributed by atoms with Gasteiger partial charge in [-0.25, -0.2) is 0 Å². The van der Waals surface area contributed by atoms with Crippen LogP contribution >= 0.6 is 15.9 Å². The zero-order valence-electron chi connectivity index (χ0n) is 10.3. The lowest BCUT2D eigenvalue weighted by molar-refractivity contribution is -0.384. The minimum atomic E-state index is -1.07. The van der Waals surface area contributed by atoms with E-state index in [9.17, 15) is 19.7 Å². The lowest BCUT2D eigenvalue weighted by atomic mass is 10.1. The molecule has 8 heteroatoms. The molecule has 0 saturated heterocycles. The maximum Gasteiger partial charge on any atom is 0.303 e. The molecular formula is C12H11BrN2O5. The van der Waals surface area contributed by atoms with E-state index in [0.29, 0.717) is 17.4 Å². The van der Waals surface area contributed by atoms with Crippen LogP contribution in [-0.4, -0.2) is 28.5 Å². The third kappa shape index (κ3) is 2.79. The molecule has 0 unspecified atom stereocenters. The minimum absolute atomic E-state index is 0.143. The number of rotatable bonds is 4. The van der Waals surface area contributed by atoms with Crippen molar-refractivity contribution < 1.29 is 19.6 Å². The van der Waals surface area contributed by atoms with E-state index in [1.54, 1.807) is 6.07 Å². The summed E-state index contributed by atoms with van der Waals surface area (Å²) in [5.74, 6) is -1.47. The lowest BCUT2D eigenvalue weighted by Crippen LogP contribution is -2.29. The van der Waals surface area contributed by atoms with Crippen molar-refractivity contribution in [2.24, 2.45) is 0 Å². The zero-order valence-corrected chi connectivity index (χ0v) is 11.9. The Morgan fingerprint density at radius 1 is 1.40 bits per heavy atom. The summed E-state index contributed by atoms with van der Waals surface area (Å²) in [6.07, 6.45) is 0.0748. The number of nitro benzene ring substituents is 1. The van der Waals surface area contributed by atoms with Crippen molar-refractivity contribution in [1.29, 1.82) is 0 Å². The largest absolute Gasteiger partial charge is 0.481 e. The predicted octanol–water partition coefficient (Wildman–Crippen LogP) is 2.11. The molecular weight excluding hydrogens is 332 g/mol. The summed E-state index contributed by atoms with van der Waals surface area (Å²) in [5.41, 5.74) is 0.860. The lowest BCUT2D eigenvalue weighted by Gasteiger charge is -2.16. The van der Waals surface area contributed by atoms with Gasteiger partial charge in [0.2, 0.25) is 5.91 Å². The van der Waals surface area contributed by atoms with Crippen LogP contribution in [0.3, 0.4) is 0 Å². The fraction of sp³-hybridized carbons (Fsp3) is 0.333. The Labute approximate surface area is 122 Å². The Morgan fingerprint density at radius 2 is 2.10 bits per heavy atom. The second-order valence-corrected chi connectivity index (χ2v) is 5.29. The maximum absolute atomic E-state index is 12.0. The highest BCUT2D eigenvalue weighted by Crippen LogP contribution is 2.39. The molecule has 0 bridgehead atoms. The SMILES string of the molecule is O=C(O)CCC(=O)N1CCc2cc(Br)cc([N+](=O)[O-])c21. The molecule has 1 aromatic rings. The highest BCUT2D eigenvalue weighted by molar-refractivity contribution is 9.10. The smallest absolute Gasteiger partial charge is 0.303 e. The van der Waals surface area contributed by atoms with E-state index in [1.165, 1.54) is 11.0 Å². The first-order chi connectivity index (χ1) is 9.40. The quantitative estimate of drug-likeness (QED) is 0.667. The first-order valence-electron chi connectivity index (χ1n) is 5.89. The summed E-state index contributed by atoms with van der Waals surface area (Å²) in [7, 11) is 0. The molecule has 1 amide bonds. The molecule has 0 saturated carbocycles. The van der Waals surface area contributed by atoms with Crippen molar-refractivity contribution in [3.8, 4) is 0 Å². The molecule has 1 heterocycles. The van der Waals surface area contributed by atoms with Crippen molar-refractivity contribution >= 4 is 39.2 Å². The summed E-state index contributed by atoms with van der Waals surface area (Å²) in [5, 5.41) is 19.7. The van der Waals surface area contributed by atoms with Gasteiger partial charge in [-0.3, -0.25) is 19.7 Å². The minimum Gasteiger partial charge on any atom is -0.481 e. The van der Waals surface area contributed by atoms with Gasteiger partial charge in [-0.15, -0.1) is 0 Å². The molecule has 0 radical (unpaired) electrons. The number of benzene rings is 1. The van der Waals surface area contributed by atoms with Gasteiger partial charge in [-0.05, 0) is 18.1 Å². The number of carboxylic acid groups (broad SMARTS) is 1. The van der Waals surface area contributed by atoms with Crippen molar-refractivity contribution in [3.05, 3.63) is 32.3 Å². The molecule has 0 fully saturated rings. The molecule has 0 atom stereocenters. The fourth-order valence-electron chi connectivity index (χ4n) is 2.22. The number of amides is 1. The molecule has 0 spiro atoms. The van der Waals surface area contributed by atoms with Gasteiger partial charge in [-0.2, -0.15) is 0 Å². The van der Waals surface area contributed by atoms with E-state index in [-0.39, 0.29) is 24.2 Å². The van der Waals surface area contributed by atoms with Crippen LogP contribution in [0.4, 0.5) is 11.4 Å². The number of carbonyl (C=O) groups is 2. The van der Waals surface area contributed by atoms with E-state index >= 15 is 0 Å². The molecule has 2 rings (SSSR count). The second-order valence-electron chi connectivity index (χ2n) is 4.38. The summed E-state index contributed by atoms with van der Waals surface area (Å²) in [6.45, 7) is 0.338. The monoisotopic (exact) mass is 342 g/mol. The van der Waals surface area contributed by atoms with Gasteiger partial charge in [0, 0.05) is 23.5 Å². The highest BCUT2D eigenvalue weighted by Gasteiger charge is 2.32. The topological polar surface area (TPSA) is 101 Å². The van der Waals surface area contributed by atoms with Gasteiger partial charge < -0.3 is 10.0 Å². The van der Waals surface area contributed by atoms with Crippen molar-refractivity contribution in [2.45, 2.75) is 19.3 Å². The first kappa shape index (κ1) is 14.4. The molecule has 0 aromatic heterocycles. The highest BCUT2D eigenvalue weighted by atomic mass is 79.9. The standard InChI is InChI=1S/C12H11BrN2O5/c13-8-5-7-3-4-14(10(16)1-2-11(17)18)12(7)9(6-8)15(19)20/h5-6H,1-4H2,(H,17,18). The average Bonchev–Trinajstić information content (AvgIpc) is 2.78. The first-order valence-corrected chi connectivity index (χ1v) is 6.68. The maximum atomic E-state index is 12.0. The molecule has 1 N–H and O–H groups in total. The Balaban J connectivity index is 2.34. The van der Waals surface area contributed by atoms with Gasteiger partial charge in [0.1, 0.15) is 5.69 Å². The number of nitro groups is 1. The van der Waals surface area contributed by atoms with Gasteiger partial charge in [0.25, 0.3) is 5.69 Å². The van der Waals surface area contributed by atoms with Gasteiger partial charge >= 0.3 is 5.97 Å². The van der Waals surface area contributed by atoms with Crippen molar-refractivity contribution in [3.63, 3.8) is 0 Å². The van der Waals surface area contributed by atoms with Crippen LogP contribution in [0.2, 0.25) is 0 Å². The molecule has 1 aliphatic heterocycles. The molecule has 20 heavy (non-hydrogen) atoms. The number of hydrogen-bond donors (Lipinski definition) is 1. The van der Waals surface area contributed by atoms with E-state index in [1.807, 2.05) is 0 Å². The van der Waals surface area contributed by atoms with Crippen LogP contribution in [-0.2, 0) is 16.0 Å². The van der Waals surface area contributed by atoms with Crippen LogP contribution in [0.15, 0.2) is 16.6 Å². The Morgan fingerprint density at radius 3 is 2.70 bits per heavy atom. The Kier molecular flexibility index (Phi) is 4.03. The fourth-order valence-corrected chi connectivity index (χ4v) is 2.72. The molecule has 7 nitrogen and oxygen atoms in total. The van der Waals surface area contributed by atoms with E-state index < -0.39 is 16.8 Å². The number of aliphatic carboxylic acids is 1. The average molecular weight is 343 g/mol. The Hall–Kier alpha value is -1.96. The molecule has 1 aromatic carbocycles. The molecule has 0 aliphatic carbocycles. The zero-order chi connectivity index (χ0) is 14.9. The van der Waals surface area contributed by atoms with E-state index in [0.717, 1.165) is 5.56 Å². The number of hydrogen-bond acceptors (Lipinski definition) is 4. The molecule has 106 valence electrons. The van der Waals surface area contributed by atoms with Gasteiger partial charge in [0.15, 0.2) is 0 Å². The third-order valence-corrected chi connectivity index (χ3v) is 3.52. The third-order valence-electron chi connectivity index (χ3n) is 3.06. The normalized spacial score (nSPS) is 13.2. The molecule has 1 aliphatic rings. The Bertz CT molecular complexity index is 602. The summed E-state index contributed by atoms with van der Waals surface area (Å²) < 4.78 is 0.586. The predicted molar refractivity (Wildman–Crippen MR) is 73.7 cm³/mol. The van der Waals surface area contributed by atoms with Crippen LogP contribution in [0.5, 0.6) is 0 Å². The number of anilines is 1. The van der Waals surface area contributed by atoms with Crippen molar-refractivity contribution in [1.82, 2.24) is 0 Å². The van der Waals surface area contributed by atoms with Crippen LogP contribution < -0.4 is 4.90 Å². The van der Waals surface area contributed by atoms with E-state index in [2.05, 4.69) is 15.9 Å². The van der Waals surface area contributed by atoms with Crippen molar-refractivity contribution in [2.75, 3.05) is 11.4 Å². The second kappa shape index (κ2) is 5.58. The number of carbonyl (C=O) groups excluding carboxylic acids is 1. The summed E-state index contributed by atoms with van der Waals surface area (Å²) >= 11 is 3.21. The number of carboxylic acids is 1. The number of fused-ring (bicyclic) bond motifs is 1. The van der Waals surface area contributed by atoms with Crippen LogP contribution in [0, 0.1) is 10.1 Å². The van der Waals surface area contributed by atoms with Crippen LogP contribution in [0.25, 0.3) is 0 Å². The number of nitrogens with zero attached hydrogens (tertiary/aromatic N) is 2. The summed E-state index contributed by atoms with van der Waals surface area (Å²) in [6, 6.07) is 3.09. The van der Waals surface area contributed by atoms with Gasteiger partial charge in [0.05, 0.1) is 11.3 Å². The van der Waals surface area contributed by atoms with Gasteiger partial charge in [-0.1, -0.05) is 15.9 Å². The number of halogens is 1. The van der Waals surface area contributed by atoms with E-state index in [4.69, 9.17) is 5.11 Å². The summed E-state index contributed by atoms with van der Waals surface area (Å²) in [4.78, 5) is 34.4. The van der Waals surface area contributed by atoms with Crippen LogP contribution in [0.1, 0.15) is 18.4 Å².